The van der Waals surface area contributed by atoms with Gasteiger partial charge in [0.05, 0.1) is 11.5 Å². The maximum atomic E-state index is 14.4. The molecule has 1 atom stereocenters. The Kier molecular flexibility index (Phi) is 4.34. The molecule has 0 bridgehead atoms. The number of hydrogen-bond donors (Lipinski definition) is 2. The Bertz CT molecular complexity index is 911. The van der Waals surface area contributed by atoms with E-state index >= 15 is 0 Å². The number of nitrogen functional groups attached to an aromatic ring is 1. The molecule has 6 nitrogen and oxygen atoms in total. The van der Waals surface area contributed by atoms with Gasteiger partial charge in [0.15, 0.2) is 5.16 Å². The SMILES string of the molecule is CSc1nc(N)c2c(n1)OC(N)=C(C#N)C2c1cc(Br)ccc1F. The molecule has 0 fully saturated rings. The highest BCUT2D eigenvalue weighted by molar-refractivity contribution is 9.10. The summed E-state index contributed by atoms with van der Waals surface area (Å²) in [5.74, 6) is -1.21. The van der Waals surface area contributed by atoms with Gasteiger partial charge in [-0.05, 0) is 24.5 Å². The van der Waals surface area contributed by atoms with Crippen LogP contribution in [0.2, 0.25) is 0 Å². The lowest BCUT2D eigenvalue weighted by Crippen LogP contribution is -2.24. The maximum Gasteiger partial charge on any atom is 0.231 e. The van der Waals surface area contributed by atoms with Crippen LogP contribution in [-0.4, -0.2) is 16.2 Å². The van der Waals surface area contributed by atoms with Gasteiger partial charge < -0.3 is 16.2 Å². The van der Waals surface area contributed by atoms with Gasteiger partial charge >= 0.3 is 0 Å². The number of thioether (sulfide) groups is 1. The van der Waals surface area contributed by atoms with Gasteiger partial charge in [-0.15, -0.1) is 0 Å². The molecule has 0 amide bonds. The highest BCUT2D eigenvalue weighted by atomic mass is 79.9. The van der Waals surface area contributed by atoms with Crippen LogP contribution in [0.25, 0.3) is 0 Å². The molecule has 0 radical (unpaired) electrons. The lowest BCUT2D eigenvalue weighted by molar-refractivity contribution is 0.372. The lowest BCUT2D eigenvalue weighted by Gasteiger charge is -2.26. The number of fused-ring (bicyclic) bond motifs is 1. The van der Waals surface area contributed by atoms with E-state index in [4.69, 9.17) is 16.2 Å². The minimum absolute atomic E-state index is 0.0618. The summed E-state index contributed by atoms with van der Waals surface area (Å²) in [6.45, 7) is 0. The van der Waals surface area contributed by atoms with Gasteiger partial charge in [0.25, 0.3) is 0 Å². The topological polar surface area (TPSA) is 111 Å². The third kappa shape index (κ3) is 2.68. The summed E-state index contributed by atoms with van der Waals surface area (Å²) >= 11 is 4.59. The van der Waals surface area contributed by atoms with Gasteiger partial charge in [-0.2, -0.15) is 10.2 Å². The van der Waals surface area contributed by atoms with Crippen LogP contribution in [0.4, 0.5) is 10.2 Å². The van der Waals surface area contributed by atoms with E-state index < -0.39 is 11.7 Å². The van der Waals surface area contributed by atoms with Gasteiger partial charge in [0.2, 0.25) is 11.8 Å². The predicted octanol–water partition coefficient (Wildman–Crippen LogP) is 2.90. The Morgan fingerprint density at radius 3 is 2.79 bits per heavy atom. The summed E-state index contributed by atoms with van der Waals surface area (Å²) in [7, 11) is 0. The van der Waals surface area contributed by atoms with E-state index in [2.05, 4.69) is 25.9 Å². The fourth-order valence-corrected chi connectivity index (χ4v) is 3.24. The number of nitrogens with zero attached hydrogens (tertiary/aromatic N) is 3. The van der Waals surface area contributed by atoms with E-state index in [-0.39, 0.29) is 28.7 Å². The molecule has 2 heterocycles. The molecule has 1 aromatic carbocycles. The zero-order valence-corrected chi connectivity index (χ0v) is 14.8. The van der Waals surface area contributed by atoms with Crippen LogP contribution in [0.15, 0.2) is 39.3 Å². The second-order valence-corrected chi connectivity index (χ2v) is 6.59. The maximum absolute atomic E-state index is 14.4. The third-order valence-electron chi connectivity index (χ3n) is 3.54. The van der Waals surface area contributed by atoms with Crippen LogP contribution in [0, 0.1) is 17.1 Å². The van der Waals surface area contributed by atoms with Crippen molar-refractivity contribution < 1.29 is 9.13 Å². The summed E-state index contributed by atoms with van der Waals surface area (Å²) in [4.78, 5) is 8.40. The number of hydrogen-bond acceptors (Lipinski definition) is 7. The van der Waals surface area contributed by atoms with Gasteiger partial charge in [0.1, 0.15) is 23.3 Å². The average molecular weight is 408 g/mol. The second kappa shape index (κ2) is 6.30. The van der Waals surface area contributed by atoms with E-state index in [1.165, 1.54) is 17.8 Å². The lowest BCUT2D eigenvalue weighted by atomic mass is 9.84. The molecule has 0 spiro atoms. The Labute approximate surface area is 149 Å². The van der Waals surface area contributed by atoms with Crippen LogP contribution in [0.1, 0.15) is 17.0 Å². The van der Waals surface area contributed by atoms with E-state index in [0.717, 1.165) is 0 Å². The van der Waals surface area contributed by atoms with E-state index in [1.54, 1.807) is 18.4 Å². The fourth-order valence-electron chi connectivity index (χ4n) is 2.50. The van der Waals surface area contributed by atoms with Crippen molar-refractivity contribution in [1.29, 1.82) is 5.26 Å². The fraction of sp³-hybridized carbons (Fsp3) is 0.133. The molecular formula is C15H11BrFN5OS. The van der Waals surface area contributed by atoms with Gasteiger partial charge in [-0.1, -0.05) is 27.7 Å². The molecular weight excluding hydrogens is 397 g/mol. The number of aromatic nitrogens is 2. The van der Waals surface area contributed by atoms with Crippen molar-refractivity contribution in [3.05, 3.63) is 51.1 Å². The highest BCUT2D eigenvalue weighted by Gasteiger charge is 2.36. The van der Waals surface area contributed by atoms with E-state index in [1.807, 2.05) is 6.07 Å². The number of rotatable bonds is 2. The minimum Gasteiger partial charge on any atom is -0.422 e. The van der Waals surface area contributed by atoms with E-state index in [9.17, 15) is 9.65 Å². The number of anilines is 1. The molecule has 1 aliphatic heterocycles. The normalized spacial score (nSPS) is 16.3. The molecule has 122 valence electrons. The largest absolute Gasteiger partial charge is 0.422 e. The molecule has 4 N–H and O–H groups in total. The minimum atomic E-state index is -0.841. The number of nitriles is 1. The Morgan fingerprint density at radius 1 is 1.38 bits per heavy atom. The Hall–Kier alpha value is -2.31. The van der Waals surface area contributed by atoms with Crippen LogP contribution in [0.3, 0.4) is 0 Å². The molecule has 1 unspecified atom stereocenters. The van der Waals surface area contributed by atoms with Crippen LogP contribution in [0.5, 0.6) is 5.88 Å². The van der Waals surface area contributed by atoms with Crippen molar-refractivity contribution >= 4 is 33.5 Å². The van der Waals surface area contributed by atoms with Crippen LogP contribution in [-0.2, 0) is 0 Å². The summed E-state index contributed by atoms with van der Waals surface area (Å²) in [6.07, 6.45) is 1.79. The van der Waals surface area contributed by atoms with Crippen molar-refractivity contribution in [2.24, 2.45) is 5.73 Å². The van der Waals surface area contributed by atoms with Gasteiger partial charge in [-0.25, -0.2) is 9.37 Å². The van der Waals surface area contributed by atoms with Crippen LogP contribution < -0.4 is 16.2 Å². The molecule has 3 rings (SSSR count). The van der Waals surface area contributed by atoms with Crippen molar-refractivity contribution in [3.63, 3.8) is 0 Å². The molecule has 2 aromatic rings. The third-order valence-corrected chi connectivity index (χ3v) is 4.58. The Balaban J connectivity index is 2.32. The number of ether oxygens (including phenoxy) is 1. The molecule has 24 heavy (non-hydrogen) atoms. The molecule has 1 aromatic heterocycles. The van der Waals surface area contributed by atoms with Gasteiger partial charge in [0, 0.05) is 10.0 Å². The molecule has 0 saturated heterocycles. The first-order valence-electron chi connectivity index (χ1n) is 6.70. The summed E-state index contributed by atoms with van der Waals surface area (Å²) in [6, 6.07) is 6.41. The van der Waals surface area contributed by atoms with Crippen LogP contribution >= 0.6 is 27.7 Å². The summed E-state index contributed by atoms with van der Waals surface area (Å²) in [5.41, 5.74) is 12.5. The number of halogens is 2. The monoisotopic (exact) mass is 407 g/mol. The summed E-state index contributed by atoms with van der Waals surface area (Å²) < 4.78 is 20.5. The first kappa shape index (κ1) is 16.5. The van der Waals surface area contributed by atoms with E-state index in [0.29, 0.717) is 15.2 Å². The van der Waals surface area contributed by atoms with Crippen molar-refractivity contribution in [2.45, 2.75) is 11.1 Å². The average Bonchev–Trinajstić information content (AvgIpc) is 2.55. The quantitative estimate of drug-likeness (QED) is 0.581. The zero-order valence-electron chi connectivity index (χ0n) is 12.4. The first-order valence-corrected chi connectivity index (χ1v) is 8.72. The highest BCUT2D eigenvalue weighted by Crippen LogP contribution is 2.45. The Morgan fingerprint density at radius 2 is 2.12 bits per heavy atom. The van der Waals surface area contributed by atoms with Gasteiger partial charge in [-0.3, -0.25) is 0 Å². The molecule has 9 heteroatoms. The van der Waals surface area contributed by atoms with Crippen molar-refractivity contribution in [2.75, 3.05) is 12.0 Å². The van der Waals surface area contributed by atoms with Crippen molar-refractivity contribution in [1.82, 2.24) is 9.97 Å². The molecule has 0 saturated carbocycles. The first-order chi connectivity index (χ1) is 11.5. The standard InChI is InChI=1S/C15H11BrFN5OS/c1-24-15-21-12(19)11-10(7-4-6(16)2-3-9(7)17)8(5-18)13(20)23-14(11)22-15/h2-4,10H,20H2,1H3,(H2,19,21,22). The number of benzene rings is 1. The smallest absolute Gasteiger partial charge is 0.231 e. The second-order valence-electron chi connectivity index (χ2n) is 4.91. The number of nitrogens with two attached hydrogens (primary N) is 2. The predicted molar refractivity (Wildman–Crippen MR) is 91.6 cm³/mol. The molecule has 0 aliphatic carbocycles. The number of allylic oxidation sites excluding steroid dienone is 1. The molecule has 1 aliphatic rings. The summed E-state index contributed by atoms with van der Waals surface area (Å²) in [5, 5.41) is 9.88. The zero-order chi connectivity index (χ0) is 17.4. The van der Waals surface area contributed by atoms with Crippen molar-refractivity contribution in [3.8, 4) is 11.9 Å².